The first-order valence-electron chi connectivity index (χ1n) is 5.65. The Labute approximate surface area is 99.0 Å². The molecule has 0 heterocycles. The molecule has 1 rings (SSSR count). The van der Waals surface area contributed by atoms with Crippen LogP contribution < -0.4 is 11.1 Å². The fraction of sp³-hybridized carbons (Fsp3) is 0.500. The van der Waals surface area contributed by atoms with Crippen LogP contribution in [-0.4, -0.2) is 6.54 Å². The Morgan fingerprint density at radius 1 is 1.24 bits per heavy atom. The van der Waals surface area contributed by atoms with Gasteiger partial charge in [0, 0.05) is 6.54 Å². The molecule has 0 aliphatic rings. The average molecular weight is 246 g/mol. The normalized spacial score (nSPS) is 11.5. The predicted octanol–water partition coefficient (Wildman–Crippen LogP) is 3.89. The van der Waals surface area contributed by atoms with Crippen LogP contribution in [-0.2, 0) is 6.18 Å². The lowest BCUT2D eigenvalue weighted by molar-refractivity contribution is -0.137. The third-order valence-corrected chi connectivity index (χ3v) is 2.47. The molecule has 0 aromatic heterocycles. The zero-order valence-corrected chi connectivity index (χ0v) is 9.77. The van der Waals surface area contributed by atoms with Crippen LogP contribution in [0, 0.1) is 0 Å². The molecule has 5 heteroatoms. The highest BCUT2D eigenvalue weighted by Gasteiger charge is 2.30. The van der Waals surface area contributed by atoms with Gasteiger partial charge in [0.05, 0.1) is 16.9 Å². The molecule has 2 nitrogen and oxygen atoms in total. The van der Waals surface area contributed by atoms with E-state index in [9.17, 15) is 13.2 Å². The van der Waals surface area contributed by atoms with E-state index in [0.717, 1.165) is 37.9 Å². The SMILES string of the molecule is CCCCCNc1ccc(C(F)(F)F)cc1N. The van der Waals surface area contributed by atoms with Crippen molar-refractivity contribution in [1.82, 2.24) is 0 Å². The summed E-state index contributed by atoms with van der Waals surface area (Å²) in [6.07, 6.45) is -1.16. The zero-order valence-electron chi connectivity index (χ0n) is 9.77. The van der Waals surface area contributed by atoms with Gasteiger partial charge < -0.3 is 11.1 Å². The van der Waals surface area contributed by atoms with E-state index in [4.69, 9.17) is 5.73 Å². The summed E-state index contributed by atoms with van der Waals surface area (Å²) in [5.74, 6) is 0. The number of hydrogen-bond acceptors (Lipinski definition) is 2. The van der Waals surface area contributed by atoms with Gasteiger partial charge in [-0.25, -0.2) is 0 Å². The van der Waals surface area contributed by atoms with Crippen molar-refractivity contribution < 1.29 is 13.2 Å². The Bertz CT molecular complexity index is 361. The molecule has 0 spiro atoms. The van der Waals surface area contributed by atoms with Crippen LogP contribution in [0.15, 0.2) is 18.2 Å². The number of hydrogen-bond donors (Lipinski definition) is 2. The molecule has 0 amide bonds. The van der Waals surface area contributed by atoms with E-state index in [1.54, 1.807) is 0 Å². The number of nitrogens with one attached hydrogen (secondary N) is 1. The fourth-order valence-corrected chi connectivity index (χ4v) is 1.50. The summed E-state index contributed by atoms with van der Waals surface area (Å²) >= 11 is 0. The largest absolute Gasteiger partial charge is 0.416 e. The summed E-state index contributed by atoms with van der Waals surface area (Å²) in [7, 11) is 0. The van der Waals surface area contributed by atoms with Gasteiger partial charge in [-0.1, -0.05) is 19.8 Å². The van der Waals surface area contributed by atoms with Gasteiger partial charge in [-0.05, 0) is 24.6 Å². The molecule has 96 valence electrons. The third-order valence-electron chi connectivity index (χ3n) is 2.47. The number of benzene rings is 1. The van der Waals surface area contributed by atoms with E-state index in [0.29, 0.717) is 5.69 Å². The van der Waals surface area contributed by atoms with E-state index < -0.39 is 11.7 Å². The summed E-state index contributed by atoms with van der Waals surface area (Å²) < 4.78 is 37.1. The van der Waals surface area contributed by atoms with E-state index in [1.807, 2.05) is 0 Å². The highest BCUT2D eigenvalue weighted by molar-refractivity contribution is 5.67. The predicted molar refractivity (Wildman–Crippen MR) is 63.9 cm³/mol. The van der Waals surface area contributed by atoms with E-state index in [-0.39, 0.29) is 5.69 Å². The maximum absolute atomic E-state index is 12.4. The van der Waals surface area contributed by atoms with Crippen LogP contribution in [0.3, 0.4) is 0 Å². The van der Waals surface area contributed by atoms with Crippen molar-refractivity contribution in [3.8, 4) is 0 Å². The van der Waals surface area contributed by atoms with Crippen molar-refractivity contribution in [2.75, 3.05) is 17.6 Å². The molecule has 0 saturated heterocycles. The number of alkyl halides is 3. The van der Waals surface area contributed by atoms with Gasteiger partial charge >= 0.3 is 6.18 Å². The Kier molecular flexibility index (Phi) is 4.66. The highest BCUT2D eigenvalue weighted by atomic mass is 19.4. The molecular formula is C12H17F3N2. The van der Waals surface area contributed by atoms with Gasteiger partial charge in [0.1, 0.15) is 0 Å². The molecule has 0 unspecified atom stereocenters. The zero-order chi connectivity index (χ0) is 12.9. The topological polar surface area (TPSA) is 38.0 Å². The van der Waals surface area contributed by atoms with Gasteiger partial charge in [-0.3, -0.25) is 0 Å². The maximum atomic E-state index is 12.4. The fourth-order valence-electron chi connectivity index (χ4n) is 1.50. The minimum atomic E-state index is -4.34. The second kappa shape index (κ2) is 5.80. The van der Waals surface area contributed by atoms with E-state index in [2.05, 4.69) is 12.2 Å². The number of rotatable bonds is 5. The van der Waals surface area contributed by atoms with Crippen molar-refractivity contribution in [2.45, 2.75) is 32.4 Å². The van der Waals surface area contributed by atoms with Crippen LogP contribution in [0.25, 0.3) is 0 Å². The van der Waals surface area contributed by atoms with Crippen molar-refractivity contribution in [3.63, 3.8) is 0 Å². The Morgan fingerprint density at radius 3 is 2.47 bits per heavy atom. The van der Waals surface area contributed by atoms with Crippen LogP contribution in [0.2, 0.25) is 0 Å². The summed E-state index contributed by atoms with van der Waals surface area (Å²) in [6.45, 7) is 2.82. The summed E-state index contributed by atoms with van der Waals surface area (Å²) in [4.78, 5) is 0. The smallest absolute Gasteiger partial charge is 0.397 e. The van der Waals surface area contributed by atoms with Crippen LogP contribution in [0.1, 0.15) is 31.7 Å². The minimum absolute atomic E-state index is 0.135. The number of unbranched alkanes of at least 4 members (excludes halogenated alkanes) is 2. The number of anilines is 2. The van der Waals surface area contributed by atoms with Crippen LogP contribution >= 0.6 is 0 Å². The van der Waals surface area contributed by atoms with Crippen LogP contribution in [0.4, 0.5) is 24.5 Å². The Hall–Kier alpha value is -1.39. The number of nitrogens with two attached hydrogens (primary N) is 1. The van der Waals surface area contributed by atoms with Gasteiger partial charge in [0.15, 0.2) is 0 Å². The lowest BCUT2D eigenvalue weighted by Crippen LogP contribution is -2.08. The first kappa shape index (κ1) is 13.7. The van der Waals surface area contributed by atoms with E-state index in [1.165, 1.54) is 6.07 Å². The quantitative estimate of drug-likeness (QED) is 0.611. The van der Waals surface area contributed by atoms with E-state index >= 15 is 0 Å². The molecular weight excluding hydrogens is 229 g/mol. The summed E-state index contributed by atoms with van der Waals surface area (Å²) in [5.41, 5.74) is 5.56. The average Bonchev–Trinajstić information content (AvgIpc) is 2.24. The van der Waals surface area contributed by atoms with Crippen molar-refractivity contribution in [1.29, 1.82) is 0 Å². The maximum Gasteiger partial charge on any atom is 0.416 e. The van der Waals surface area contributed by atoms with Gasteiger partial charge in [0.2, 0.25) is 0 Å². The Balaban J connectivity index is 2.64. The van der Waals surface area contributed by atoms with Crippen molar-refractivity contribution in [3.05, 3.63) is 23.8 Å². The van der Waals surface area contributed by atoms with Crippen LogP contribution in [0.5, 0.6) is 0 Å². The second-order valence-corrected chi connectivity index (χ2v) is 3.93. The molecule has 0 aliphatic heterocycles. The van der Waals surface area contributed by atoms with Gasteiger partial charge in [0.25, 0.3) is 0 Å². The highest BCUT2D eigenvalue weighted by Crippen LogP contribution is 2.32. The monoisotopic (exact) mass is 246 g/mol. The lowest BCUT2D eigenvalue weighted by Gasteiger charge is -2.12. The van der Waals surface area contributed by atoms with Gasteiger partial charge in [-0.15, -0.1) is 0 Å². The third kappa shape index (κ3) is 4.17. The lowest BCUT2D eigenvalue weighted by atomic mass is 10.1. The summed E-state index contributed by atoms with van der Waals surface area (Å²) in [5, 5.41) is 3.03. The van der Waals surface area contributed by atoms with Crippen molar-refractivity contribution >= 4 is 11.4 Å². The molecule has 0 radical (unpaired) electrons. The molecule has 1 aromatic rings. The summed E-state index contributed by atoms with van der Waals surface area (Å²) in [6, 6.07) is 3.38. The Morgan fingerprint density at radius 2 is 1.94 bits per heavy atom. The molecule has 0 fully saturated rings. The minimum Gasteiger partial charge on any atom is -0.397 e. The number of halogens is 3. The second-order valence-electron chi connectivity index (χ2n) is 3.93. The molecule has 0 atom stereocenters. The first-order chi connectivity index (χ1) is 7.95. The van der Waals surface area contributed by atoms with Gasteiger partial charge in [-0.2, -0.15) is 13.2 Å². The molecule has 0 bridgehead atoms. The molecule has 17 heavy (non-hydrogen) atoms. The number of nitrogen functional groups attached to an aromatic ring is 1. The first-order valence-corrected chi connectivity index (χ1v) is 5.65. The standard InChI is InChI=1S/C12H17F3N2/c1-2-3-4-7-17-11-6-5-9(8-10(11)16)12(13,14)15/h5-6,8,17H,2-4,7,16H2,1H3. The molecule has 0 aliphatic carbocycles. The molecule has 0 saturated carbocycles. The molecule has 3 N–H and O–H groups in total. The molecule has 1 aromatic carbocycles. The van der Waals surface area contributed by atoms with Crippen molar-refractivity contribution in [2.24, 2.45) is 0 Å².